The van der Waals surface area contributed by atoms with Gasteiger partial charge in [0, 0.05) is 6.07 Å². The molecule has 0 amide bonds. The van der Waals surface area contributed by atoms with Crippen molar-refractivity contribution in [3.63, 3.8) is 0 Å². The van der Waals surface area contributed by atoms with Crippen LogP contribution < -0.4 is 0 Å². The van der Waals surface area contributed by atoms with Gasteiger partial charge in [0.2, 0.25) is 5.82 Å². The van der Waals surface area contributed by atoms with Crippen LogP contribution in [0.3, 0.4) is 0 Å². The molecule has 4 heteroatoms. The molecule has 0 aromatic rings. The highest BCUT2D eigenvalue weighted by Gasteiger charge is 2.06. The van der Waals surface area contributed by atoms with Crippen LogP contribution in [0, 0.1) is 6.92 Å². The zero-order chi connectivity index (χ0) is 6.97. The number of fused-ring (bicyclic) bond motifs is 1. The summed E-state index contributed by atoms with van der Waals surface area (Å²) in [5.74, 6) is 1.30. The van der Waals surface area contributed by atoms with Gasteiger partial charge in [0.15, 0.2) is 0 Å². The summed E-state index contributed by atoms with van der Waals surface area (Å²) in [5, 5.41) is 3.69. The maximum atomic E-state index is 4.85. The molecule has 0 aliphatic carbocycles. The Morgan fingerprint density at radius 3 is 3.20 bits per heavy atom. The van der Waals surface area contributed by atoms with Crippen LogP contribution in [0.25, 0.3) is 11.5 Å². The summed E-state index contributed by atoms with van der Waals surface area (Å²) >= 11 is 0. The van der Waals surface area contributed by atoms with Crippen molar-refractivity contribution in [2.24, 2.45) is 0 Å². The SMILES string of the molecule is Cc1cc2ncnc-2no1. The smallest absolute Gasteiger partial charge is 0.219 e. The van der Waals surface area contributed by atoms with E-state index in [1.807, 2.05) is 6.92 Å². The zero-order valence-corrected chi connectivity index (χ0v) is 5.40. The van der Waals surface area contributed by atoms with Crippen LogP contribution in [0.2, 0.25) is 0 Å². The third-order valence-corrected chi connectivity index (χ3v) is 1.22. The van der Waals surface area contributed by atoms with Gasteiger partial charge in [-0.3, -0.25) is 0 Å². The number of hydrogen-bond donors (Lipinski definition) is 0. The highest BCUT2D eigenvalue weighted by Crippen LogP contribution is 2.13. The second-order valence-corrected chi connectivity index (χ2v) is 2.02. The Balaban J connectivity index is 2.75. The van der Waals surface area contributed by atoms with Crippen LogP contribution in [0.15, 0.2) is 16.9 Å². The molecule has 0 saturated heterocycles. The minimum Gasteiger partial charge on any atom is -0.359 e. The Labute approximate surface area is 57.2 Å². The molecule has 2 aliphatic rings. The van der Waals surface area contributed by atoms with Crippen LogP contribution in [-0.4, -0.2) is 15.1 Å². The van der Waals surface area contributed by atoms with E-state index in [0.717, 1.165) is 11.5 Å². The van der Waals surface area contributed by atoms with Gasteiger partial charge in [-0.2, -0.15) is 0 Å². The van der Waals surface area contributed by atoms with Crippen molar-refractivity contribution in [3.8, 4) is 11.5 Å². The van der Waals surface area contributed by atoms with Gasteiger partial charge in [0.05, 0.1) is 0 Å². The third kappa shape index (κ3) is 0.655. The molecule has 0 spiro atoms. The second kappa shape index (κ2) is 1.76. The van der Waals surface area contributed by atoms with E-state index in [1.165, 1.54) is 6.33 Å². The zero-order valence-electron chi connectivity index (χ0n) is 5.40. The van der Waals surface area contributed by atoms with E-state index in [2.05, 4.69) is 15.1 Å². The first-order chi connectivity index (χ1) is 4.86. The second-order valence-electron chi connectivity index (χ2n) is 2.02. The number of imidazole rings is 1. The average molecular weight is 135 g/mol. The molecule has 2 rings (SSSR count). The van der Waals surface area contributed by atoms with Crippen molar-refractivity contribution < 1.29 is 4.52 Å². The Kier molecular flexibility index (Phi) is 0.943. The molecule has 0 aromatic carbocycles. The van der Waals surface area contributed by atoms with Crippen molar-refractivity contribution in [2.75, 3.05) is 0 Å². The summed E-state index contributed by atoms with van der Waals surface area (Å²) < 4.78 is 4.85. The van der Waals surface area contributed by atoms with Gasteiger partial charge >= 0.3 is 0 Å². The fourth-order valence-corrected chi connectivity index (χ4v) is 0.776. The lowest BCUT2D eigenvalue weighted by Crippen LogP contribution is -1.84. The molecule has 0 radical (unpaired) electrons. The van der Waals surface area contributed by atoms with Crippen LogP contribution in [0.1, 0.15) is 5.76 Å². The first-order valence-electron chi connectivity index (χ1n) is 2.90. The molecule has 10 heavy (non-hydrogen) atoms. The third-order valence-electron chi connectivity index (χ3n) is 1.22. The molecule has 2 aliphatic heterocycles. The van der Waals surface area contributed by atoms with Gasteiger partial charge in [0.1, 0.15) is 17.8 Å². The Bertz CT molecular complexity index is 317. The fourth-order valence-electron chi connectivity index (χ4n) is 0.776. The first kappa shape index (κ1) is 5.34. The number of aryl methyl sites for hydroxylation is 1. The highest BCUT2D eigenvalue weighted by atomic mass is 16.5. The Morgan fingerprint density at radius 2 is 2.30 bits per heavy atom. The van der Waals surface area contributed by atoms with E-state index in [4.69, 9.17) is 4.52 Å². The van der Waals surface area contributed by atoms with Crippen LogP contribution in [0.5, 0.6) is 0 Å². The summed E-state index contributed by atoms with van der Waals surface area (Å²) in [4.78, 5) is 7.79. The van der Waals surface area contributed by atoms with Crippen molar-refractivity contribution in [2.45, 2.75) is 6.92 Å². The minimum absolute atomic E-state index is 0.561. The standard InChI is InChI=1S/C6H5N3O/c1-4-2-5-6(9-10-4)8-3-7-5/h2-3H,1H3. The van der Waals surface area contributed by atoms with Crippen LogP contribution >= 0.6 is 0 Å². The van der Waals surface area contributed by atoms with E-state index in [-0.39, 0.29) is 0 Å². The Morgan fingerprint density at radius 1 is 1.40 bits per heavy atom. The summed E-state index contributed by atoms with van der Waals surface area (Å²) in [6.07, 6.45) is 1.46. The molecule has 0 bridgehead atoms. The molecule has 0 saturated carbocycles. The quantitative estimate of drug-likeness (QED) is 0.538. The molecule has 0 N–H and O–H groups in total. The van der Waals surface area contributed by atoms with Gasteiger partial charge in [0.25, 0.3) is 0 Å². The van der Waals surface area contributed by atoms with Crippen LogP contribution in [0.4, 0.5) is 0 Å². The summed E-state index contributed by atoms with van der Waals surface area (Å²) in [6, 6.07) is 1.80. The van der Waals surface area contributed by atoms with Gasteiger partial charge in [-0.1, -0.05) is 5.16 Å². The van der Waals surface area contributed by atoms with E-state index in [9.17, 15) is 0 Å². The van der Waals surface area contributed by atoms with Crippen molar-refractivity contribution >= 4 is 0 Å². The molecular formula is C6H5N3O. The predicted octanol–water partition coefficient (Wildman–Crippen LogP) is 0.878. The molecule has 0 aromatic heterocycles. The summed E-state index contributed by atoms with van der Waals surface area (Å²) in [5.41, 5.74) is 0.781. The first-order valence-corrected chi connectivity index (χ1v) is 2.90. The average Bonchev–Trinajstić information content (AvgIpc) is 2.33. The number of aromatic nitrogens is 3. The van der Waals surface area contributed by atoms with Crippen molar-refractivity contribution in [1.82, 2.24) is 15.1 Å². The number of hydrogen-bond acceptors (Lipinski definition) is 4. The lowest BCUT2D eigenvalue weighted by Gasteiger charge is -1.91. The normalized spacial score (nSPS) is 10.5. The van der Waals surface area contributed by atoms with Crippen molar-refractivity contribution in [1.29, 1.82) is 0 Å². The molecular weight excluding hydrogens is 130 g/mol. The maximum Gasteiger partial charge on any atom is 0.219 e. The Hall–Kier alpha value is -1.45. The predicted molar refractivity (Wildman–Crippen MR) is 33.5 cm³/mol. The van der Waals surface area contributed by atoms with Gasteiger partial charge in [-0.25, -0.2) is 9.97 Å². The molecule has 0 atom stereocenters. The van der Waals surface area contributed by atoms with E-state index < -0.39 is 0 Å². The maximum absolute atomic E-state index is 4.85. The van der Waals surface area contributed by atoms with E-state index in [1.54, 1.807) is 6.07 Å². The van der Waals surface area contributed by atoms with E-state index in [0.29, 0.717) is 5.82 Å². The van der Waals surface area contributed by atoms with Gasteiger partial charge in [-0.05, 0) is 6.92 Å². The molecule has 0 fully saturated rings. The number of rotatable bonds is 0. The molecule has 0 unspecified atom stereocenters. The van der Waals surface area contributed by atoms with Crippen molar-refractivity contribution in [3.05, 3.63) is 18.2 Å². The topological polar surface area (TPSA) is 51.8 Å². The highest BCUT2D eigenvalue weighted by molar-refractivity contribution is 5.48. The van der Waals surface area contributed by atoms with Gasteiger partial charge < -0.3 is 4.52 Å². The summed E-state index contributed by atoms with van der Waals surface area (Å²) in [7, 11) is 0. The largest absolute Gasteiger partial charge is 0.359 e. The fraction of sp³-hybridized carbons (Fsp3) is 0.167. The number of nitrogens with zero attached hydrogens (tertiary/aromatic N) is 3. The summed E-state index contributed by atoms with van der Waals surface area (Å²) in [6.45, 7) is 1.82. The van der Waals surface area contributed by atoms with Crippen LogP contribution in [-0.2, 0) is 0 Å². The lowest BCUT2D eigenvalue weighted by molar-refractivity contribution is 0.377. The molecule has 2 heterocycles. The monoisotopic (exact) mass is 135 g/mol. The molecule has 50 valence electrons. The lowest BCUT2D eigenvalue weighted by atomic mass is 10.3. The van der Waals surface area contributed by atoms with E-state index >= 15 is 0 Å². The van der Waals surface area contributed by atoms with Gasteiger partial charge in [-0.15, -0.1) is 0 Å². The minimum atomic E-state index is 0.561. The molecule has 4 nitrogen and oxygen atoms in total.